The van der Waals surface area contributed by atoms with Gasteiger partial charge in [0, 0.05) is 0 Å². The van der Waals surface area contributed by atoms with Gasteiger partial charge in [-0.05, 0) is 24.5 Å². The van der Waals surface area contributed by atoms with Crippen molar-refractivity contribution >= 4 is 23.0 Å². The second-order valence-corrected chi connectivity index (χ2v) is 5.18. The number of rotatable bonds is 5. The molecular formula is C14H17N3O4. The van der Waals surface area contributed by atoms with Crippen LogP contribution in [-0.4, -0.2) is 39.1 Å². The number of ether oxygens (including phenoxy) is 1. The number of fused-ring (bicyclic) bond motifs is 1. The van der Waals surface area contributed by atoms with Gasteiger partial charge in [-0.3, -0.25) is 0 Å². The second-order valence-electron chi connectivity index (χ2n) is 5.18. The quantitative estimate of drug-likeness (QED) is 0.845. The van der Waals surface area contributed by atoms with Gasteiger partial charge >= 0.3 is 11.9 Å². The Morgan fingerprint density at radius 1 is 1.38 bits per heavy atom. The van der Waals surface area contributed by atoms with Crippen LogP contribution in [0.4, 0.5) is 0 Å². The van der Waals surface area contributed by atoms with Crippen LogP contribution in [0.3, 0.4) is 0 Å². The second kappa shape index (κ2) is 5.90. The lowest BCUT2D eigenvalue weighted by molar-refractivity contribution is -0.145. The molecule has 2 rings (SSSR count). The molecular weight excluding hydrogens is 274 g/mol. The number of nitrogens with zero attached hydrogens (tertiary/aromatic N) is 3. The monoisotopic (exact) mass is 291 g/mol. The largest absolute Gasteiger partial charge is 0.478 e. The van der Waals surface area contributed by atoms with Crippen molar-refractivity contribution in [1.29, 1.82) is 0 Å². The van der Waals surface area contributed by atoms with Crippen LogP contribution in [0, 0.1) is 5.92 Å². The van der Waals surface area contributed by atoms with Crippen molar-refractivity contribution in [2.45, 2.75) is 26.3 Å². The van der Waals surface area contributed by atoms with Crippen molar-refractivity contribution in [3.63, 3.8) is 0 Å². The molecule has 1 N–H and O–H groups in total. The van der Waals surface area contributed by atoms with Crippen molar-refractivity contribution in [2.24, 2.45) is 5.92 Å². The van der Waals surface area contributed by atoms with E-state index < -0.39 is 18.0 Å². The Kier molecular flexibility index (Phi) is 4.21. The molecule has 7 heteroatoms. The SMILES string of the molecule is COC(=O)C(CC(C)C)n1nnc2c(C(=O)O)cccc21. The molecule has 0 aliphatic carbocycles. The summed E-state index contributed by atoms with van der Waals surface area (Å²) in [6.07, 6.45) is 0.530. The average Bonchev–Trinajstić information content (AvgIpc) is 2.87. The first-order valence-electron chi connectivity index (χ1n) is 6.60. The Labute approximate surface area is 121 Å². The molecule has 0 saturated heterocycles. The maximum absolute atomic E-state index is 12.0. The number of aromatic nitrogens is 3. The highest BCUT2D eigenvalue weighted by Crippen LogP contribution is 2.24. The summed E-state index contributed by atoms with van der Waals surface area (Å²) in [6, 6.07) is 4.14. The molecule has 21 heavy (non-hydrogen) atoms. The molecule has 0 amide bonds. The van der Waals surface area contributed by atoms with Gasteiger partial charge < -0.3 is 9.84 Å². The molecule has 0 aliphatic heterocycles. The van der Waals surface area contributed by atoms with E-state index in [0.717, 1.165) is 0 Å². The van der Waals surface area contributed by atoms with Crippen LogP contribution in [0.1, 0.15) is 36.7 Å². The highest BCUT2D eigenvalue weighted by molar-refractivity contribution is 6.00. The molecule has 1 aromatic heterocycles. The van der Waals surface area contributed by atoms with E-state index in [2.05, 4.69) is 10.3 Å². The Morgan fingerprint density at radius 2 is 2.10 bits per heavy atom. The van der Waals surface area contributed by atoms with Gasteiger partial charge in [-0.2, -0.15) is 0 Å². The number of carbonyl (C=O) groups is 2. The average molecular weight is 291 g/mol. The first kappa shape index (κ1) is 15.0. The highest BCUT2D eigenvalue weighted by Gasteiger charge is 2.26. The molecule has 112 valence electrons. The molecule has 0 fully saturated rings. The number of aromatic carboxylic acids is 1. The summed E-state index contributed by atoms with van der Waals surface area (Å²) < 4.78 is 6.26. The third kappa shape index (κ3) is 2.86. The topological polar surface area (TPSA) is 94.3 Å². The third-order valence-electron chi connectivity index (χ3n) is 3.20. The molecule has 0 aliphatic rings. The van der Waals surface area contributed by atoms with Gasteiger partial charge in [0.2, 0.25) is 0 Å². The maximum atomic E-state index is 12.0. The normalized spacial score (nSPS) is 12.6. The fourth-order valence-corrected chi connectivity index (χ4v) is 2.24. The van der Waals surface area contributed by atoms with E-state index in [1.807, 2.05) is 13.8 Å². The summed E-state index contributed by atoms with van der Waals surface area (Å²) >= 11 is 0. The Hall–Kier alpha value is -2.44. The van der Waals surface area contributed by atoms with E-state index in [4.69, 9.17) is 9.84 Å². The standard InChI is InChI=1S/C14H17N3O4/c1-8(2)7-11(14(20)21-3)17-10-6-4-5-9(13(18)19)12(10)15-16-17/h4-6,8,11H,7H2,1-3H3,(H,18,19). The van der Waals surface area contributed by atoms with Crippen LogP contribution >= 0.6 is 0 Å². The Bertz CT molecular complexity index is 678. The minimum absolute atomic E-state index is 0.0620. The zero-order valence-corrected chi connectivity index (χ0v) is 12.1. The predicted molar refractivity (Wildman–Crippen MR) is 75.0 cm³/mol. The van der Waals surface area contributed by atoms with Crippen molar-refractivity contribution in [3.8, 4) is 0 Å². The summed E-state index contributed by atoms with van der Waals surface area (Å²) in [5.74, 6) is -1.25. The number of methoxy groups -OCH3 is 1. The fourth-order valence-electron chi connectivity index (χ4n) is 2.24. The van der Waals surface area contributed by atoms with Crippen molar-refractivity contribution in [3.05, 3.63) is 23.8 Å². The lowest BCUT2D eigenvalue weighted by Crippen LogP contribution is -2.23. The minimum atomic E-state index is -1.08. The van der Waals surface area contributed by atoms with Crippen molar-refractivity contribution in [2.75, 3.05) is 7.11 Å². The first-order valence-corrected chi connectivity index (χ1v) is 6.60. The zero-order chi connectivity index (χ0) is 15.6. The van der Waals surface area contributed by atoms with E-state index in [1.54, 1.807) is 12.1 Å². The molecule has 1 aromatic carbocycles. The number of carboxylic acids is 1. The Morgan fingerprint density at radius 3 is 2.67 bits per heavy atom. The summed E-state index contributed by atoms with van der Waals surface area (Å²) in [5.41, 5.74) is 0.834. The number of hydrogen-bond donors (Lipinski definition) is 1. The minimum Gasteiger partial charge on any atom is -0.478 e. The summed E-state index contributed by atoms with van der Waals surface area (Å²) in [7, 11) is 1.32. The van der Waals surface area contributed by atoms with E-state index >= 15 is 0 Å². The lowest BCUT2D eigenvalue weighted by Gasteiger charge is -2.17. The third-order valence-corrected chi connectivity index (χ3v) is 3.20. The van der Waals surface area contributed by atoms with Crippen LogP contribution in [0.15, 0.2) is 18.2 Å². The van der Waals surface area contributed by atoms with Crippen LogP contribution in [-0.2, 0) is 9.53 Å². The van der Waals surface area contributed by atoms with Crippen molar-refractivity contribution < 1.29 is 19.4 Å². The van der Waals surface area contributed by atoms with Gasteiger partial charge in [-0.25, -0.2) is 14.3 Å². The van der Waals surface area contributed by atoms with Crippen LogP contribution in [0.5, 0.6) is 0 Å². The van der Waals surface area contributed by atoms with E-state index in [1.165, 1.54) is 17.9 Å². The van der Waals surface area contributed by atoms with Crippen molar-refractivity contribution in [1.82, 2.24) is 15.0 Å². The van der Waals surface area contributed by atoms with Gasteiger partial charge in [0.25, 0.3) is 0 Å². The van der Waals surface area contributed by atoms with Gasteiger partial charge in [-0.1, -0.05) is 25.1 Å². The summed E-state index contributed by atoms with van der Waals surface area (Å²) in [6.45, 7) is 3.97. The first-order chi connectivity index (χ1) is 9.95. The van der Waals surface area contributed by atoms with Crippen LogP contribution in [0.25, 0.3) is 11.0 Å². The Balaban J connectivity index is 2.56. The number of hydrogen-bond acceptors (Lipinski definition) is 5. The molecule has 0 radical (unpaired) electrons. The van der Waals surface area contributed by atoms with Gasteiger partial charge in [0.15, 0.2) is 6.04 Å². The number of esters is 1. The van der Waals surface area contributed by atoms with E-state index in [9.17, 15) is 9.59 Å². The number of carboxylic acid groups (broad SMARTS) is 1. The van der Waals surface area contributed by atoms with Gasteiger partial charge in [-0.15, -0.1) is 5.10 Å². The summed E-state index contributed by atoms with van der Waals surface area (Å²) in [5, 5.41) is 17.0. The molecule has 0 bridgehead atoms. The van der Waals surface area contributed by atoms with E-state index in [-0.39, 0.29) is 17.0 Å². The molecule has 1 unspecified atom stereocenters. The summed E-state index contributed by atoms with van der Waals surface area (Å²) in [4.78, 5) is 23.2. The lowest BCUT2D eigenvalue weighted by atomic mass is 10.0. The molecule has 1 heterocycles. The number of benzene rings is 1. The van der Waals surface area contributed by atoms with Gasteiger partial charge in [0.1, 0.15) is 5.52 Å². The molecule has 2 aromatic rings. The molecule has 7 nitrogen and oxygen atoms in total. The maximum Gasteiger partial charge on any atom is 0.338 e. The number of carbonyl (C=O) groups excluding carboxylic acids is 1. The van der Waals surface area contributed by atoms with E-state index in [0.29, 0.717) is 11.9 Å². The predicted octanol–water partition coefficient (Wildman–Crippen LogP) is 1.89. The fraction of sp³-hybridized carbons (Fsp3) is 0.429. The highest BCUT2D eigenvalue weighted by atomic mass is 16.5. The van der Waals surface area contributed by atoms with Crippen LogP contribution < -0.4 is 0 Å². The van der Waals surface area contributed by atoms with Gasteiger partial charge in [0.05, 0.1) is 18.2 Å². The molecule has 0 spiro atoms. The zero-order valence-electron chi connectivity index (χ0n) is 12.1. The smallest absolute Gasteiger partial charge is 0.338 e. The van der Waals surface area contributed by atoms with Crippen LogP contribution in [0.2, 0.25) is 0 Å². The molecule has 1 atom stereocenters. The molecule has 0 saturated carbocycles.